The van der Waals surface area contributed by atoms with Gasteiger partial charge in [0.25, 0.3) is 0 Å². The Hall–Kier alpha value is -1.08. The van der Waals surface area contributed by atoms with Gasteiger partial charge in [-0.1, -0.05) is 0 Å². The smallest absolute Gasteiger partial charge is 0.280 e. The van der Waals surface area contributed by atoms with Crippen molar-refractivity contribution in [3.63, 3.8) is 0 Å². The first kappa shape index (κ1) is 11.4. The molecule has 0 aliphatic carbocycles. The normalized spacial score (nSPS) is 17.9. The molecule has 16 heavy (non-hydrogen) atoms. The Balaban J connectivity index is 2.20. The minimum Gasteiger partial charge on any atom is -0.280 e. The highest BCUT2D eigenvalue weighted by atomic mass is 32.2. The molecule has 2 N–H and O–H groups in total. The maximum atomic E-state index is 12.0. The molecule has 2 rings (SSSR count). The number of nitrogens with one attached hydrogen (secondary N) is 2. The minimum absolute atomic E-state index is 0.562. The average Bonchev–Trinajstić information content (AvgIpc) is 2.83. The van der Waals surface area contributed by atoms with Crippen molar-refractivity contribution >= 4 is 15.9 Å². The molecule has 0 aromatic carbocycles. The second-order valence-electron chi connectivity index (χ2n) is 4.02. The topological polar surface area (TPSA) is 78.1 Å². The van der Waals surface area contributed by atoms with Crippen molar-refractivity contribution in [2.24, 2.45) is 0 Å². The van der Waals surface area contributed by atoms with Gasteiger partial charge >= 0.3 is 10.2 Å². The van der Waals surface area contributed by atoms with E-state index < -0.39 is 10.2 Å². The van der Waals surface area contributed by atoms with Crippen LogP contribution in [-0.2, 0) is 10.2 Å². The molecule has 7 heteroatoms. The molecule has 1 saturated heterocycles. The van der Waals surface area contributed by atoms with E-state index in [0.29, 0.717) is 24.5 Å². The van der Waals surface area contributed by atoms with E-state index in [2.05, 4.69) is 14.9 Å². The molecule has 0 amide bonds. The number of hydrogen-bond acceptors (Lipinski definition) is 3. The zero-order valence-electron chi connectivity index (χ0n) is 9.45. The van der Waals surface area contributed by atoms with Crippen LogP contribution < -0.4 is 4.72 Å². The number of aromatic amines is 1. The van der Waals surface area contributed by atoms with Gasteiger partial charge < -0.3 is 0 Å². The molecule has 1 aliphatic heterocycles. The van der Waals surface area contributed by atoms with Crippen LogP contribution >= 0.6 is 0 Å². The van der Waals surface area contributed by atoms with E-state index in [0.717, 1.165) is 18.5 Å². The number of aromatic nitrogens is 2. The highest BCUT2D eigenvalue weighted by molar-refractivity contribution is 7.90. The van der Waals surface area contributed by atoms with Gasteiger partial charge in [0, 0.05) is 13.1 Å². The van der Waals surface area contributed by atoms with Gasteiger partial charge in [-0.2, -0.15) is 17.8 Å². The lowest BCUT2D eigenvalue weighted by atomic mass is 10.3. The van der Waals surface area contributed by atoms with E-state index in [1.54, 1.807) is 13.8 Å². The van der Waals surface area contributed by atoms with E-state index in [-0.39, 0.29) is 0 Å². The van der Waals surface area contributed by atoms with E-state index in [1.165, 1.54) is 4.31 Å². The summed E-state index contributed by atoms with van der Waals surface area (Å²) >= 11 is 0. The Bertz CT molecular complexity index is 454. The predicted octanol–water partition coefficient (Wildman–Crippen LogP) is 0.779. The summed E-state index contributed by atoms with van der Waals surface area (Å²) in [6.07, 6.45) is 1.87. The molecule has 2 heterocycles. The number of rotatable bonds is 3. The number of nitrogens with zero attached hydrogens (tertiary/aromatic N) is 2. The summed E-state index contributed by atoms with van der Waals surface area (Å²) in [5.74, 6) is 0. The van der Waals surface area contributed by atoms with Gasteiger partial charge in [0.15, 0.2) is 0 Å². The number of anilines is 1. The van der Waals surface area contributed by atoms with Crippen LogP contribution in [0.2, 0.25) is 0 Å². The Morgan fingerprint density at radius 2 is 1.94 bits per heavy atom. The Kier molecular flexibility index (Phi) is 2.90. The van der Waals surface area contributed by atoms with Crippen LogP contribution in [0.5, 0.6) is 0 Å². The van der Waals surface area contributed by atoms with E-state index in [1.807, 2.05) is 0 Å². The van der Waals surface area contributed by atoms with Gasteiger partial charge in [0.2, 0.25) is 0 Å². The molecule has 0 radical (unpaired) electrons. The zero-order valence-corrected chi connectivity index (χ0v) is 10.3. The summed E-state index contributed by atoms with van der Waals surface area (Å²) in [5, 5.41) is 6.71. The van der Waals surface area contributed by atoms with Gasteiger partial charge in [0.1, 0.15) is 0 Å². The van der Waals surface area contributed by atoms with Crippen molar-refractivity contribution in [3.8, 4) is 0 Å². The summed E-state index contributed by atoms with van der Waals surface area (Å²) in [4.78, 5) is 0. The van der Waals surface area contributed by atoms with Crippen LogP contribution in [0.15, 0.2) is 0 Å². The first-order valence-corrected chi connectivity index (χ1v) is 6.74. The second kappa shape index (κ2) is 4.06. The minimum atomic E-state index is -3.40. The second-order valence-corrected chi connectivity index (χ2v) is 5.69. The van der Waals surface area contributed by atoms with Crippen LogP contribution in [0.1, 0.15) is 24.2 Å². The van der Waals surface area contributed by atoms with E-state index in [9.17, 15) is 8.42 Å². The van der Waals surface area contributed by atoms with Crippen LogP contribution in [0, 0.1) is 13.8 Å². The summed E-state index contributed by atoms with van der Waals surface area (Å²) in [6.45, 7) is 4.77. The third kappa shape index (κ3) is 2.05. The Morgan fingerprint density at radius 1 is 1.31 bits per heavy atom. The molecule has 0 saturated carbocycles. The maximum Gasteiger partial charge on any atom is 0.301 e. The fraction of sp³-hybridized carbons (Fsp3) is 0.667. The molecule has 1 aromatic heterocycles. The molecule has 0 spiro atoms. The molecule has 1 aliphatic rings. The molecule has 6 nitrogen and oxygen atoms in total. The number of H-pyrrole nitrogens is 1. The lowest BCUT2D eigenvalue weighted by molar-refractivity contribution is 0.482. The van der Waals surface area contributed by atoms with Gasteiger partial charge in [-0.25, -0.2) is 0 Å². The average molecular weight is 244 g/mol. The predicted molar refractivity (Wildman–Crippen MR) is 61.4 cm³/mol. The molecule has 1 fully saturated rings. The third-order valence-corrected chi connectivity index (χ3v) is 4.27. The molecular weight excluding hydrogens is 228 g/mol. The molecule has 0 bridgehead atoms. The van der Waals surface area contributed by atoms with E-state index >= 15 is 0 Å². The number of aryl methyl sites for hydroxylation is 2. The van der Waals surface area contributed by atoms with Gasteiger partial charge in [0.05, 0.1) is 17.1 Å². The fourth-order valence-corrected chi connectivity index (χ4v) is 3.25. The van der Waals surface area contributed by atoms with Gasteiger partial charge in [-0.15, -0.1) is 0 Å². The monoisotopic (exact) mass is 244 g/mol. The molecular formula is C9H16N4O2S. The SMILES string of the molecule is Cc1n[nH]c(C)c1NS(=O)(=O)N1CCCC1. The molecule has 0 atom stereocenters. The number of hydrogen-bond donors (Lipinski definition) is 2. The lowest BCUT2D eigenvalue weighted by Crippen LogP contribution is -2.33. The van der Waals surface area contributed by atoms with Gasteiger partial charge in [-0.05, 0) is 26.7 Å². The molecule has 0 unspecified atom stereocenters. The van der Waals surface area contributed by atoms with Crippen molar-refractivity contribution in [2.75, 3.05) is 17.8 Å². The van der Waals surface area contributed by atoms with Crippen molar-refractivity contribution in [1.82, 2.24) is 14.5 Å². The third-order valence-electron chi connectivity index (χ3n) is 2.76. The Morgan fingerprint density at radius 3 is 2.44 bits per heavy atom. The van der Waals surface area contributed by atoms with E-state index in [4.69, 9.17) is 0 Å². The molecule has 1 aromatic rings. The zero-order chi connectivity index (χ0) is 11.8. The van der Waals surface area contributed by atoms with Crippen LogP contribution in [0.25, 0.3) is 0 Å². The van der Waals surface area contributed by atoms with Gasteiger partial charge in [-0.3, -0.25) is 9.82 Å². The van der Waals surface area contributed by atoms with Crippen molar-refractivity contribution in [2.45, 2.75) is 26.7 Å². The maximum absolute atomic E-state index is 12.0. The summed E-state index contributed by atoms with van der Waals surface area (Å²) in [7, 11) is -3.40. The van der Waals surface area contributed by atoms with Crippen molar-refractivity contribution < 1.29 is 8.42 Å². The largest absolute Gasteiger partial charge is 0.301 e. The standard InChI is InChI=1S/C9H16N4O2S/c1-7-9(8(2)11-10-7)12-16(14,15)13-5-3-4-6-13/h12H,3-6H2,1-2H3,(H,10,11). The summed E-state index contributed by atoms with van der Waals surface area (Å²) < 4.78 is 28.0. The molecule has 90 valence electrons. The van der Waals surface area contributed by atoms with Crippen LogP contribution in [-0.4, -0.2) is 36.0 Å². The summed E-state index contributed by atoms with van der Waals surface area (Å²) in [6, 6.07) is 0. The highest BCUT2D eigenvalue weighted by Gasteiger charge is 2.26. The fourth-order valence-electron chi connectivity index (χ4n) is 1.82. The first-order valence-electron chi connectivity index (χ1n) is 5.30. The van der Waals surface area contributed by atoms with Crippen LogP contribution in [0.4, 0.5) is 5.69 Å². The van der Waals surface area contributed by atoms with Crippen molar-refractivity contribution in [1.29, 1.82) is 0 Å². The van der Waals surface area contributed by atoms with Crippen molar-refractivity contribution in [3.05, 3.63) is 11.4 Å². The van der Waals surface area contributed by atoms with Crippen LogP contribution in [0.3, 0.4) is 0 Å². The summed E-state index contributed by atoms with van der Waals surface area (Å²) in [5.41, 5.74) is 1.97. The highest BCUT2D eigenvalue weighted by Crippen LogP contribution is 2.20. The quantitative estimate of drug-likeness (QED) is 0.824. The first-order chi connectivity index (χ1) is 7.50. The Labute approximate surface area is 95.2 Å². The lowest BCUT2D eigenvalue weighted by Gasteiger charge is -2.16.